The van der Waals surface area contributed by atoms with Gasteiger partial charge in [-0.15, -0.1) is 23.7 Å². The van der Waals surface area contributed by atoms with Crippen LogP contribution in [-0.2, 0) is 10.0 Å². The highest BCUT2D eigenvalue weighted by Gasteiger charge is 2.26. The lowest BCUT2D eigenvalue weighted by Gasteiger charge is -2.33. The summed E-state index contributed by atoms with van der Waals surface area (Å²) in [6, 6.07) is 1.56. The number of piperazine rings is 1. The molecular weight excluding hydrogens is 322 g/mol. The van der Waals surface area contributed by atoms with Crippen molar-refractivity contribution in [3.05, 3.63) is 16.3 Å². The van der Waals surface area contributed by atoms with Crippen LogP contribution >= 0.6 is 23.7 Å². The Labute approximate surface area is 129 Å². The van der Waals surface area contributed by atoms with Crippen molar-refractivity contribution in [2.24, 2.45) is 0 Å². The molecule has 20 heavy (non-hydrogen) atoms. The minimum absolute atomic E-state index is 0. The molecule has 0 bridgehead atoms. The Hall–Kier alpha value is -0.670. The summed E-state index contributed by atoms with van der Waals surface area (Å²) in [5.74, 6) is -0.100. The molecule has 1 aliphatic rings. The Morgan fingerprint density at radius 1 is 1.55 bits per heavy atom. The summed E-state index contributed by atoms with van der Waals surface area (Å²) in [6.45, 7) is 4.15. The number of nitrogens with zero attached hydrogens (tertiary/aromatic N) is 1. The van der Waals surface area contributed by atoms with E-state index in [1.165, 1.54) is 18.5 Å². The molecule has 0 spiro atoms. The number of nitrogens with one attached hydrogen (secondary N) is 2. The van der Waals surface area contributed by atoms with Gasteiger partial charge in [0.05, 0.1) is 9.77 Å². The van der Waals surface area contributed by atoms with Crippen LogP contribution in [0.2, 0.25) is 0 Å². The van der Waals surface area contributed by atoms with Gasteiger partial charge in [-0.2, -0.15) is 0 Å². The normalized spacial score (nSPS) is 19.5. The topological polar surface area (TPSA) is 78.5 Å². The molecule has 0 radical (unpaired) electrons. The molecule has 0 saturated carbocycles. The van der Waals surface area contributed by atoms with Gasteiger partial charge in [0, 0.05) is 31.1 Å². The Balaban J connectivity index is 0.00000200. The SMILES string of the molecule is CNS(=O)(=O)c1csc(C(=O)N2CCNC[C@@H]2C)c1.Cl. The van der Waals surface area contributed by atoms with Crippen LogP contribution in [0.4, 0.5) is 0 Å². The van der Waals surface area contributed by atoms with Gasteiger partial charge in [0.15, 0.2) is 0 Å². The number of thiophene rings is 1. The van der Waals surface area contributed by atoms with E-state index in [2.05, 4.69) is 10.0 Å². The van der Waals surface area contributed by atoms with E-state index in [1.54, 1.807) is 4.90 Å². The van der Waals surface area contributed by atoms with Crippen molar-refractivity contribution in [1.82, 2.24) is 14.9 Å². The zero-order valence-electron chi connectivity index (χ0n) is 11.3. The number of carbonyl (C=O) groups is 1. The third kappa shape index (κ3) is 3.50. The van der Waals surface area contributed by atoms with Crippen LogP contribution in [0.15, 0.2) is 16.3 Å². The Morgan fingerprint density at radius 2 is 2.25 bits per heavy atom. The van der Waals surface area contributed by atoms with Gasteiger partial charge in [-0.05, 0) is 20.0 Å². The number of carbonyl (C=O) groups excluding carboxylic acids is 1. The number of halogens is 1. The number of hydrogen-bond donors (Lipinski definition) is 2. The number of sulfonamides is 1. The summed E-state index contributed by atoms with van der Waals surface area (Å²) in [4.78, 5) is 14.7. The molecule has 1 amide bonds. The van der Waals surface area contributed by atoms with Crippen LogP contribution in [-0.4, -0.2) is 51.9 Å². The van der Waals surface area contributed by atoms with Crippen molar-refractivity contribution >= 4 is 39.7 Å². The molecule has 6 nitrogen and oxygen atoms in total. The fourth-order valence-electron chi connectivity index (χ4n) is 1.97. The van der Waals surface area contributed by atoms with E-state index in [4.69, 9.17) is 0 Å². The van der Waals surface area contributed by atoms with Crippen molar-refractivity contribution in [2.75, 3.05) is 26.7 Å². The van der Waals surface area contributed by atoms with Crippen LogP contribution in [0.5, 0.6) is 0 Å². The van der Waals surface area contributed by atoms with Gasteiger partial charge in [-0.1, -0.05) is 0 Å². The Bertz CT molecular complexity index is 573. The zero-order chi connectivity index (χ0) is 14.0. The van der Waals surface area contributed by atoms with Gasteiger partial charge >= 0.3 is 0 Å². The average molecular weight is 340 g/mol. The second kappa shape index (κ2) is 6.86. The smallest absolute Gasteiger partial charge is 0.264 e. The fraction of sp³-hybridized carbons (Fsp3) is 0.545. The van der Waals surface area contributed by atoms with Crippen molar-refractivity contribution in [3.8, 4) is 0 Å². The monoisotopic (exact) mass is 339 g/mol. The van der Waals surface area contributed by atoms with Gasteiger partial charge < -0.3 is 10.2 Å². The summed E-state index contributed by atoms with van der Waals surface area (Å²) >= 11 is 1.16. The van der Waals surface area contributed by atoms with E-state index in [0.29, 0.717) is 11.4 Å². The van der Waals surface area contributed by atoms with E-state index in [-0.39, 0.29) is 29.3 Å². The molecule has 1 aliphatic heterocycles. The third-order valence-electron chi connectivity index (χ3n) is 3.13. The quantitative estimate of drug-likeness (QED) is 0.841. The standard InChI is InChI=1S/C11H17N3O3S2.ClH/c1-8-6-13-3-4-14(8)11(15)10-5-9(7-18-10)19(16,17)12-2;/h5,7-8,12-13H,3-4,6H2,1-2H3;1H/t8-;/m0./s1. The molecule has 0 aromatic carbocycles. The maximum atomic E-state index is 12.3. The molecule has 1 aromatic rings. The lowest BCUT2D eigenvalue weighted by atomic mass is 10.2. The lowest BCUT2D eigenvalue weighted by Crippen LogP contribution is -2.52. The molecule has 1 saturated heterocycles. The van der Waals surface area contributed by atoms with Crippen molar-refractivity contribution in [3.63, 3.8) is 0 Å². The summed E-state index contributed by atoms with van der Waals surface area (Å²) in [5.41, 5.74) is 0. The van der Waals surface area contributed by atoms with Crippen LogP contribution in [0.3, 0.4) is 0 Å². The van der Waals surface area contributed by atoms with Gasteiger partial charge in [0.25, 0.3) is 5.91 Å². The number of rotatable bonds is 3. The predicted molar refractivity (Wildman–Crippen MR) is 81.2 cm³/mol. The number of amides is 1. The average Bonchev–Trinajstić information content (AvgIpc) is 2.89. The first-order valence-corrected chi connectivity index (χ1v) is 8.36. The summed E-state index contributed by atoms with van der Waals surface area (Å²) in [5, 5.41) is 4.71. The van der Waals surface area contributed by atoms with Gasteiger partial charge in [-0.25, -0.2) is 13.1 Å². The largest absolute Gasteiger partial charge is 0.333 e. The Morgan fingerprint density at radius 3 is 2.85 bits per heavy atom. The van der Waals surface area contributed by atoms with Crippen molar-refractivity contribution in [2.45, 2.75) is 17.9 Å². The maximum absolute atomic E-state index is 12.3. The summed E-state index contributed by atoms with van der Waals surface area (Å²) in [7, 11) is -2.12. The maximum Gasteiger partial charge on any atom is 0.264 e. The van der Waals surface area contributed by atoms with E-state index in [1.807, 2.05) is 6.92 Å². The molecule has 9 heteroatoms. The first-order valence-electron chi connectivity index (χ1n) is 5.99. The molecule has 0 aliphatic carbocycles. The van der Waals surface area contributed by atoms with E-state index >= 15 is 0 Å². The van der Waals surface area contributed by atoms with Crippen LogP contribution in [0.25, 0.3) is 0 Å². The van der Waals surface area contributed by atoms with Crippen LogP contribution < -0.4 is 10.0 Å². The second-order valence-electron chi connectivity index (χ2n) is 4.41. The molecular formula is C11H18ClN3O3S2. The first-order chi connectivity index (χ1) is 8.95. The zero-order valence-corrected chi connectivity index (χ0v) is 13.7. The lowest BCUT2D eigenvalue weighted by molar-refractivity contribution is 0.0660. The third-order valence-corrected chi connectivity index (χ3v) is 5.59. The molecule has 2 N–H and O–H groups in total. The van der Waals surface area contributed by atoms with Crippen molar-refractivity contribution in [1.29, 1.82) is 0 Å². The van der Waals surface area contributed by atoms with Crippen molar-refractivity contribution < 1.29 is 13.2 Å². The van der Waals surface area contributed by atoms with Gasteiger partial charge in [0.1, 0.15) is 0 Å². The second-order valence-corrected chi connectivity index (χ2v) is 7.20. The van der Waals surface area contributed by atoms with Gasteiger partial charge in [-0.3, -0.25) is 4.79 Å². The minimum atomic E-state index is -3.48. The highest BCUT2D eigenvalue weighted by atomic mass is 35.5. The Kier molecular flexibility index (Phi) is 5.96. The van der Waals surface area contributed by atoms with E-state index < -0.39 is 10.0 Å². The van der Waals surface area contributed by atoms with E-state index in [0.717, 1.165) is 24.4 Å². The molecule has 1 aromatic heterocycles. The van der Waals surface area contributed by atoms with Gasteiger partial charge in [0.2, 0.25) is 10.0 Å². The summed E-state index contributed by atoms with van der Waals surface area (Å²) < 4.78 is 25.5. The summed E-state index contributed by atoms with van der Waals surface area (Å²) in [6.07, 6.45) is 0. The first kappa shape index (κ1) is 17.4. The fourth-order valence-corrected chi connectivity index (χ4v) is 3.93. The molecule has 1 atom stereocenters. The molecule has 1 fully saturated rings. The van der Waals surface area contributed by atoms with Crippen LogP contribution in [0.1, 0.15) is 16.6 Å². The van der Waals surface area contributed by atoms with E-state index in [9.17, 15) is 13.2 Å². The molecule has 114 valence electrons. The minimum Gasteiger partial charge on any atom is -0.333 e. The molecule has 0 unspecified atom stereocenters. The highest BCUT2D eigenvalue weighted by Crippen LogP contribution is 2.21. The molecule has 2 rings (SSSR count). The predicted octanol–water partition coefficient (Wildman–Crippen LogP) is 0.512. The molecule has 2 heterocycles. The highest BCUT2D eigenvalue weighted by molar-refractivity contribution is 7.89. The van der Waals surface area contributed by atoms with Crippen LogP contribution in [0, 0.1) is 0 Å². The number of hydrogen-bond acceptors (Lipinski definition) is 5.